The molecule has 0 aliphatic carbocycles. The van der Waals surface area contributed by atoms with Crippen LogP contribution in [0.15, 0.2) is 66.7 Å². The minimum atomic E-state index is -1.36. The molecule has 1 atom stereocenters. The van der Waals surface area contributed by atoms with Crippen molar-refractivity contribution in [3.63, 3.8) is 0 Å². The molecule has 1 heterocycles. The summed E-state index contributed by atoms with van der Waals surface area (Å²) in [4.78, 5) is 53.9. The van der Waals surface area contributed by atoms with E-state index in [2.05, 4.69) is 0 Å². The van der Waals surface area contributed by atoms with E-state index in [1.165, 1.54) is 42.5 Å². The van der Waals surface area contributed by atoms with Gasteiger partial charge in [0.1, 0.15) is 11.9 Å². The second-order valence-corrected chi connectivity index (χ2v) is 8.80. The number of ketones is 1. The van der Waals surface area contributed by atoms with E-state index in [1.54, 1.807) is 12.1 Å². The number of carbonyl (C=O) groups is 4. The minimum Gasteiger partial charge on any atom is -0.292 e. The Bertz CT molecular complexity index is 1310. The van der Waals surface area contributed by atoms with Gasteiger partial charge in [0, 0.05) is 17.0 Å². The molecule has 0 spiro atoms. The van der Waals surface area contributed by atoms with Gasteiger partial charge in [-0.15, -0.1) is 11.6 Å². The summed E-state index contributed by atoms with van der Waals surface area (Å²) in [7, 11) is 0. The summed E-state index contributed by atoms with van der Waals surface area (Å²) in [6.45, 7) is 0. The van der Waals surface area contributed by atoms with Crippen LogP contribution in [0.2, 0.25) is 10.0 Å². The van der Waals surface area contributed by atoms with Crippen LogP contribution in [0.3, 0.4) is 0 Å². The van der Waals surface area contributed by atoms with E-state index in [1.807, 2.05) is 0 Å². The molecule has 0 aromatic heterocycles. The lowest BCUT2D eigenvalue weighted by Crippen LogP contribution is -2.57. The van der Waals surface area contributed by atoms with E-state index in [9.17, 15) is 23.6 Å². The largest absolute Gasteiger partial charge is 0.292 e. The van der Waals surface area contributed by atoms with Gasteiger partial charge in [0.25, 0.3) is 17.7 Å². The van der Waals surface area contributed by atoms with Crippen molar-refractivity contribution >= 4 is 58.3 Å². The molecule has 1 aliphatic rings. The number of hydrogen-bond acceptors (Lipinski definition) is 4. The third kappa shape index (κ3) is 4.67. The summed E-state index contributed by atoms with van der Waals surface area (Å²) in [5.41, 5.74) is 0.235. The van der Waals surface area contributed by atoms with Crippen LogP contribution in [0.5, 0.6) is 0 Å². The van der Waals surface area contributed by atoms with Crippen LogP contribution in [0.25, 0.3) is 0 Å². The Morgan fingerprint density at radius 1 is 0.857 bits per heavy atom. The summed E-state index contributed by atoms with van der Waals surface area (Å²) < 4.78 is 13.5. The van der Waals surface area contributed by atoms with Crippen molar-refractivity contribution in [3.8, 4) is 0 Å². The number of hydrogen-bond donors (Lipinski definition) is 0. The minimum absolute atomic E-state index is 0.0116. The van der Waals surface area contributed by atoms with Crippen LogP contribution in [0, 0.1) is 5.82 Å². The van der Waals surface area contributed by atoms with Crippen molar-refractivity contribution in [2.75, 3.05) is 5.88 Å². The van der Waals surface area contributed by atoms with E-state index in [4.69, 9.17) is 34.8 Å². The van der Waals surface area contributed by atoms with Crippen molar-refractivity contribution < 1.29 is 23.6 Å². The Labute approximate surface area is 214 Å². The van der Waals surface area contributed by atoms with E-state index in [0.717, 1.165) is 17.1 Å². The van der Waals surface area contributed by atoms with E-state index >= 15 is 0 Å². The zero-order valence-corrected chi connectivity index (χ0v) is 20.1. The Hall–Kier alpha value is -3.26. The Balaban J connectivity index is 1.85. The molecule has 1 aliphatic heterocycles. The van der Waals surface area contributed by atoms with Crippen molar-refractivity contribution in [1.82, 2.24) is 10.0 Å². The number of Topliss-reactive ketones (excluding diaryl/α,β-unsaturated/α-hetero) is 1. The first-order valence-corrected chi connectivity index (χ1v) is 11.7. The van der Waals surface area contributed by atoms with Crippen molar-refractivity contribution in [2.24, 2.45) is 0 Å². The molecule has 10 heteroatoms. The summed E-state index contributed by atoms with van der Waals surface area (Å²) in [6.07, 6.45) is -0.0990. The Morgan fingerprint density at radius 2 is 1.43 bits per heavy atom. The monoisotopic (exact) mass is 532 g/mol. The highest BCUT2D eigenvalue weighted by molar-refractivity contribution is 6.42. The van der Waals surface area contributed by atoms with Crippen LogP contribution >= 0.6 is 34.8 Å². The van der Waals surface area contributed by atoms with E-state index < -0.39 is 35.4 Å². The van der Waals surface area contributed by atoms with Crippen molar-refractivity contribution in [2.45, 2.75) is 12.5 Å². The lowest BCUT2D eigenvalue weighted by Gasteiger charge is -2.36. The van der Waals surface area contributed by atoms with Gasteiger partial charge in [-0.2, -0.15) is 5.01 Å². The van der Waals surface area contributed by atoms with Crippen molar-refractivity contribution in [1.29, 1.82) is 0 Å². The molecule has 0 radical (unpaired) electrons. The van der Waals surface area contributed by atoms with Crippen molar-refractivity contribution in [3.05, 3.63) is 105 Å². The molecule has 0 fully saturated rings. The second kappa shape index (κ2) is 10.2. The molecule has 4 rings (SSSR count). The van der Waals surface area contributed by atoms with Gasteiger partial charge in [-0.25, -0.2) is 9.40 Å². The van der Waals surface area contributed by atoms with Gasteiger partial charge in [-0.1, -0.05) is 35.3 Å². The van der Waals surface area contributed by atoms with E-state index in [-0.39, 0.29) is 44.6 Å². The molecule has 0 saturated carbocycles. The first kappa shape index (κ1) is 24.9. The highest BCUT2D eigenvalue weighted by Crippen LogP contribution is 2.30. The molecule has 3 aromatic carbocycles. The van der Waals surface area contributed by atoms with Crippen LogP contribution in [0.4, 0.5) is 4.39 Å². The number of benzene rings is 3. The number of imide groups is 1. The molecule has 35 heavy (non-hydrogen) atoms. The topological polar surface area (TPSA) is 74.8 Å². The molecule has 0 saturated heterocycles. The number of amides is 3. The number of rotatable bonds is 7. The van der Waals surface area contributed by atoms with Crippen LogP contribution in [-0.2, 0) is 0 Å². The van der Waals surface area contributed by atoms with Gasteiger partial charge in [0.15, 0.2) is 5.78 Å². The molecule has 0 unspecified atom stereocenters. The second-order valence-electron chi connectivity index (χ2n) is 7.61. The van der Waals surface area contributed by atoms with Gasteiger partial charge in [0.05, 0.1) is 21.2 Å². The normalized spacial score (nSPS) is 13.5. The van der Waals surface area contributed by atoms with Gasteiger partial charge >= 0.3 is 0 Å². The smallest absolute Gasteiger partial charge is 0.280 e. The van der Waals surface area contributed by atoms with Gasteiger partial charge in [0.2, 0.25) is 0 Å². The molecule has 178 valence electrons. The number of carbonyl (C=O) groups excluding carboxylic acids is 4. The predicted octanol–water partition coefficient (Wildman–Crippen LogP) is 5.67. The molecule has 6 nitrogen and oxygen atoms in total. The Kier molecular flexibility index (Phi) is 7.21. The first-order chi connectivity index (χ1) is 16.7. The fourth-order valence-corrected chi connectivity index (χ4v) is 4.28. The lowest BCUT2D eigenvalue weighted by molar-refractivity contribution is -0.00960. The predicted molar refractivity (Wildman–Crippen MR) is 129 cm³/mol. The maximum atomic E-state index is 13.8. The third-order valence-electron chi connectivity index (χ3n) is 5.47. The summed E-state index contributed by atoms with van der Waals surface area (Å²) in [5, 5.41) is 1.71. The summed E-state index contributed by atoms with van der Waals surface area (Å²) in [5.74, 6) is -3.65. The standard InChI is InChI=1S/C25H16Cl3FN2O4/c26-12-11-21(22(32)14-5-8-16(29)9-6-14)30(23(33)15-7-10-19(27)20(28)13-15)31-24(34)17-3-1-2-4-18(17)25(31)35/h1-10,13,21H,11-12H2/t21-/m0/s1. The van der Waals surface area contributed by atoms with Gasteiger partial charge in [-0.3, -0.25) is 19.2 Å². The number of hydrazine groups is 1. The molecular formula is C25H16Cl3FN2O4. The Morgan fingerprint density at radius 3 is 1.97 bits per heavy atom. The highest BCUT2D eigenvalue weighted by Gasteiger charge is 2.46. The molecule has 0 bridgehead atoms. The number of alkyl halides is 1. The highest BCUT2D eigenvalue weighted by atomic mass is 35.5. The molecule has 0 N–H and O–H groups in total. The molecular weight excluding hydrogens is 518 g/mol. The van der Waals surface area contributed by atoms with Gasteiger partial charge < -0.3 is 0 Å². The van der Waals surface area contributed by atoms with E-state index in [0.29, 0.717) is 5.01 Å². The third-order valence-corrected chi connectivity index (χ3v) is 6.43. The lowest BCUT2D eigenvalue weighted by atomic mass is 10.0. The SMILES string of the molecule is O=C(c1ccc(F)cc1)[C@H](CCCl)N(C(=O)c1ccc(Cl)c(Cl)c1)N1C(=O)c2ccccc2C1=O. The summed E-state index contributed by atoms with van der Waals surface area (Å²) in [6, 6.07) is 13.4. The number of nitrogens with zero attached hydrogens (tertiary/aromatic N) is 2. The maximum Gasteiger partial charge on any atom is 0.280 e. The number of fused-ring (bicyclic) bond motifs is 1. The molecule has 3 amide bonds. The maximum absolute atomic E-state index is 13.8. The zero-order valence-electron chi connectivity index (χ0n) is 17.9. The zero-order chi connectivity index (χ0) is 25.3. The summed E-state index contributed by atoms with van der Waals surface area (Å²) >= 11 is 18.1. The quantitative estimate of drug-likeness (QED) is 0.223. The van der Waals surface area contributed by atoms with Crippen LogP contribution in [-0.4, -0.2) is 45.4 Å². The average molecular weight is 534 g/mol. The van der Waals surface area contributed by atoms with Gasteiger partial charge in [-0.05, 0) is 61.0 Å². The number of halogens is 4. The van der Waals surface area contributed by atoms with Crippen LogP contribution in [0.1, 0.15) is 47.9 Å². The fraction of sp³-hybridized carbons (Fsp3) is 0.120. The fourth-order valence-electron chi connectivity index (χ4n) is 3.78. The van der Waals surface area contributed by atoms with Crippen LogP contribution < -0.4 is 0 Å². The average Bonchev–Trinajstić information content (AvgIpc) is 3.10. The molecule has 3 aromatic rings. The first-order valence-electron chi connectivity index (χ1n) is 10.4.